The minimum absolute atomic E-state index is 0.171. The van der Waals surface area contributed by atoms with Gasteiger partial charge in [0.2, 0.25) is 0 Å². The summed E-state index contributed by atoms with van der Waals surface area (Å²) in [5, 5.41) is 0. The van der Waals surface area contributed by atoms with Gasteiger partial charge in [-0.05, 0) is 55.2 Å². The Hall–Kier alpha value is -0.700. The van der Waals surface area contributed by atoms with Crippen molar-refractivity contribution in [2.75, 3.05) is 23.7 Å². The Bertz CT molecular complexity index is 345. The first kappa shape index (κ1) is 11.8. The molecule has 1 aliphatic carbocycles. The lowest BCUT2D eigenvalue weighted by atomic mass is 10.1. The zero-order valence-corrected chi connectivity index (χ0v) is 10.5. The van der Waals surface area contributed by atoms with Crippen LogP contribution in [0.3, 0.4) is 0 Å². The number of thiol groups is 1. The monoisotopic (exact) mass is 239 g/mol. The average molecular weight is 239 g/mol. The molecular formula is C13H18FNS. The summed E-state index contributed by atoms with van der Waals surface area (Å²) in [4.78, 5) is 2.31. The van der Waals surface area contributed by atoms with Gasteiger partial charge in [-0.2, -0.15) is 12.6 Å². The molecule has 0 N–H and O–H groups in total. The summed E-state index contributed by atoms with van der Waals surface area (Å²) in [7, 11) is 0. The van der Waals surface area contributed by atoms with Crippen LogP contribution in [0, 0.1) is 11.2 Å². The highest BCUT2D eigenvalue weighted by atomic mass is 32.1. The second-order valence-corrected chi connectivity index (χ2v) is 4.96. The molecule has 2 rings (SSSR count). The Morgan fingerprint density at radius 2 is 1.94 bits per heavy atom. The maximum Gasteiger partial charge on any atom is 0.123 e. The van der Waals surface area contributed by atoms with Gasteiger partial charge in [-0.25, -0.2) is 4.39 Å². The fourth-order valence-corrected chi connectivity index (χ4v) is 2.40. The highest BCUT2D eigenvalue weighted by molar-refractivity contribution is 7.80. The van der Waals surface area contributed by atoms with Crippen molar-refractivity contribution in [1.29, 1.82) is 0 Å². The van der Waals surface area contributed by atoms with Crippen LogP contribution in [0.4, 0.5) is 10.1 Å². The van der Waals surface area contributed by atoms with Crippen molar-refractivity contribution < 1.29 is 4.39 Å². The average Bonchev–Trinajstić information content (AvgIpc) is 3.08. The standard InChI is InChI=1S/C13H18FNS/c1-2-15(9-13(10-16)7-8-13)12-5-3-11(14)4-6-12/h3-6,16H,2,7-10H2,1H3. The van der Waals surface area contributed by atoms with Gasteiger partial charge in [-0.3, -0.25) is 0 Å². The van der Waals surface area contributed by atoms with Crippen LogP contribution in [0.5, 0.6) is 0 Å². The van der Waals surface area contributed by atoms with E-state index < -0.39 is 0 Å². The van der Waals surface area contributed by atoms with Crippen molar-refractivity contribution in [3.8, 4) is 0 Å². The van der Waals surface area contributed by atoms with Gasteiger partial charge in [0.1, 0.15) is 5.82 Å². The summed E-state index contributed by atoms with van der Waals surface area (Å²) in [6.07, 6.45) is 2.54. The molecule has 1 nitrogen and oxygen atoms in total. The van der Waals surface area contributed by atoms with E-state index in [1.54, 1.807) is 0 Å². The smallest absolute Gasteiger partial charge is 0.123 e. The molecular weight excluding hydrogens is 221 g/mol. The van der Waals surface area contributed by atoms with Crippen molar-refractivity contribution in [3.63, 3.8) is 0 Å². The number of hydrogen-bond acceptors (Lipinski definition) is 2. The van der Waals surface area contributed by atoms with Gasteiger partial charge >= 0.3 is 0 Å². The third kappa shape index (κ3) is 2.51. The SMILES string of the molecule is CCN(CC1(CS)CC1)c1ccc(F)cc1. The van der Waals surface area contributed by atoms with Gasteiger partial charge in [0.25, 0.3) is 0 Å². The van der Waals surface area contributed by atoms with E-state index in [2.05, 4.69) is 24.5 Å². The molecule has 0 bridgehead atoms. The molecule has 3 heteroatoms. The maximum atomic E-state index is 12.8. The largest absolute Gasteiger partial charge is 0.371 e. The van der Waals surface area contributed by atoms with Gasteiger partial charge in [-0.1, -0.05) is 0 Å². The van der Waals surface area contributed by atoms with Gasteiger partial charge in [0.15, 0.2) is 0 Å². The van der Waals surface area contributed by atoms with E-state index >= 15 is 0 Å². The summed E-state index contributed by atoms with van der Waals surface area (Å²) in [5.74, 6) is 0.778. The zero-order valence-electron chi connectivity index (χ0n) is 9.62. The molecule has 0 atom stereocenters. The Labute approximate surface area is 102 Å². The van der Waals surface area contributed by atoms with Crippen LogP contribution in [0.25, 0.3) is 0 Å². The van der Waals surface area contributed by atoms with Gasteiger partial charge < -0.3 is 4.90 Å². The summed E-state index contributed by atoms with van der Waals surface area (Å²) >= 11 is 4.42. The van der Waals surface area contributed by atoms with E-state index in [1.165, 1.54) is 25.0 Å². The van der Waals surface area contributed by atoms with Crippen molar-refractivity contribution in [3.05, 3.63) is 30.1 Å². The molecule has 0 aromatic heterocycles. The molecule has 0 radical (unpaired) electrons. The summed E-state index contributed by atoms with van der Waals surface area (Å²) in [5.41, 5.74) is 1.52. The highest BCUT2D eigenvalue weighted by Crippen LogP contribution is 2.47. The van der Waals surface area contributed by atoms with E-state index in [0.29, 0.717) is 5.41 Å². The molecule has 1 saturated carbocycles. The van der Waals surface area contributed by atoms with E-state index in [4.69, 9.17) is 0 Å². The molecule has 1 aromatic carbocycles. The lowest BCUT2D eigenvalue weighted by Gasteiger charge is -2.27. The van der Waals surface area contributed by atoms with Crippen molar-refractivity contribution in [1.82, 2.24) is 0 Å². The summed E-state index contributed by atoms with van der Waals surface area (Å²) in [6.45, 7) is 4.14. The topological polar surface area (TPSA) is 3.24 Å². The zero-order chi connectivity index (χ0) is 11.6. The number of nitrogens with zero attached hydrogens (tertiary/aromatic N) is 1. The minimum Gasteiger partial charge on any atom is -0.371 e. The Morgan fingerprint density at radius 3 is 2.38 bits per heavy atom. The van der Waals surface area contributed by atoms with Crippen LogP contribution >= 0.6 is 12.6 Å². The summed E-state index contributed by atoms with van der Waals surface area (Å²) in [6, 6.07) is 6.76. The van der Waals surface area contributed by atoms with E-state index in [-0.39, 0.29) is 5.82 Å². The van der Waals surface area contributed by atoms with Crippen molar-refractivity contribution >= 4 is 18.3 Å². The molecule has 0 aliphatic heterocycles. The Morgan fingerprint density at radius 1 is 1.31 bits per heavy atom. The molecule has 1 aliphatic rings. The van der Waals surface area contributed by atoms with Crippen LogP contribution in [0.15, 0.2) is 24.3 Å². The second-order valence-electron chi connectivity index (χ2n) is 4.65. The number of halogens is 1. The Kier molecular flexibility index (Phi) is 3.43. The second kappa shape index (κ2) is 4.66. The Balaban J connectivity index is 2.07. The first-order chi connectivity index (χ1) is 7.69. The number of rotatable bonds is 5. The normalized spacial score (nSPS) is 17.2. The molecule has 0 amide bonds. The van der Waals surface area contributed by atoms with Crippen LogP contribution in [0.2, 0.25) is 0 Å². The molecule has 88 valence electrons. The fraction of sp³-hybridized carbons (Fsp3) is 0.538. The third-order valence-electron chi connectivity index (χ3n) is 3.39. The first-order valence-corrected chi connectivity index (χ1v) is 6.44. The maximum absolute atomic E-state index is 12.8. The van der Waals surface area contributed by atoms with Gasteiger partial charge in [0.05, 0.1) is 0 Å². The molecule has 1 aromatic rings. The number of hydrogen-bond donors (Lipinski definition) is 1. The molecule has 1 fully saturated rings. The highest BCUT2D eigenvalue weighted by Gasteiger charge is 2.42. The van der Waals surface area contributed by atoms with Crippen LogP contribution in [-0.2, 0) is 0 Å². The van der Waals surface area contributed by atoms with Crippen molar-refractivity contribution in [2.45, 2.75) is 19.8 Å². The van der Waals surface area contributed by atoms with Gasteiger partial charge in [0, 0.05) is 18.8 Å². The minimum atomic E-state index is -0.171. The van der Waals surface area contributed by atoms with Gasteiger partial charge in [-0.15, -0.1) is 0 Å². The lowest BCUT2D eigenvalue weighted by Crippen LogP contribution is -2.31. The van der Waals surface area contributed by atoms with E-state index in [1.807, 2.05) is 12.1 Å². The predicted octanol–water partition coefficient (Wildman–Crippen LogP) is 3.36. The predicted molar refractivity (Wildman–Crippen MR) is 69.8 cm³/mol. The van der Waals surface area contributed by atoms with Crippen LogP contribution < -0.4 is 4.90 Å². The summed E-state index contributed by atoms with van der Waals surface area (Å²) < 4.78 is 12.8. The van der Waals surface area contributed by atoms with Crippen molar-refractivity contribution in [2.24, 2.45) is 5.41 Å². The fourth-order valence-electron chi connectivity index (χ4n) is 1.99. The third-order valence-corrected chi connectivity index (χ3v) is 4.06. The quantitative estimate of drug-likeness (QED) is 0.771. The first-order valence-electron chi connectivity index (χ1n) is 5.80. The molecule has 0 spiro atoms. The van der Waals surface area contributed by atoms with E-state index in [9.17, 15) is 4.39 Å². The number of anilines is 1. The number of benzene rings is 1. The molecule has 0 saturated heterocycles. The molecule has 16 heavy (non-hydrogen) atoms. The lowest BCUT2D eigenvalue weighted by molar-refractivity contribution is 0.565. The molecule has 0 unspecified atom stereocenters. The van der Waals surface area contributed by atoms with E-state index in [0.717, 1.165) is 24.5 Å². The van der Waals surface area contributed by atoms with Crippen LogP contribution in [-0.4, -0.2) is 18.8 Å². The van der Waals surface area contributed by atoms with Crippen LogP contribution in [0.1, 0.15) is 19.8 Å². The molecule has 0 heterocycles.